The monoisotopic (exact) mass is 535 g/mol. The molecule has 2 amide bonds. The third kappa shape index (κ3) is 5.27. The second-order valence-corrected chi connectivity index (χ2v) is 11.1. The predicted octanol–water partition coefficient (Wildman–Crippen LogP) is 4.56. The first-order valence-electron chi connectivity index (χ1n) is 10.7. The molecule has 170 valence electrons. The Bertz CT molecular complexity index is 1090. The Kier molecular flexibility index (Phi) is 7.39. The molecule has 9 heteroatoms. The molecule has 2 saturated heterocycles. The van der Waals surface area contributed by atoms with Gasteiger partial charge < -0.3 is 14.6 Å². The maximum absolute atomic E-state index is 12.9. The van der Waals surface area contributed by atoms with E-state index in [1.807, 2.05) is 35.0 Å². The maximum Gasteiger partial charge on any atom is 0.266 e. The third-order valence-corrected chi connectivity index (χ3v) is 7.32. The molecule has 0 spiro atoms. The van der Waals surface area contributed by atoms with Gasteiger partial charge in [-0.25, -0.2) is 0 Å². The Hall–Kier alpha value is -1.68. The van der Waals surface area contributed by atoms with Crippen molar-refractivity contribution in [3.8, 4) is 0 Å². The van der Waals surface area contributed by atoms with E-state index in [1.54, 1.807) is 4.90 Å². The summed E-state index contributed by atoms with van der Waals surface area (Å²) in [6.07, 6.45) is 5.96. The summed E-state index contributed by atoms with van der Waals surface area (Å²) in [6.45, 7) is 6.25. The molecule has 0 saturated carbocycles. The van der Waals surface area contributed by atoms with E-state index in [1.165, 1.54) is 11.8 Å². The van der Waals surface area contributed by atoms with E-state index in [9.17, 15) is 9.59 Å². The highest BCUT2D eigenvalue weighted by Gasteiger charge is 2.32. The number of nitrogens with one attached hydrogen (secondary N) is 1. The summed E-state index contributed by atoms with van der Waals surface area (Å²) in [5.41, 5.74) is 1.82. The first kappa shape index (κ1) is 23.5. The van der Waals surface area contributed by atoms with Gasteiger partial charge in [0.05, 0.1) is 11.0 Å². The minimum absolute atomic E-state index is 0.0566. The number of carbonyl (C=O) groups excluding carboxylic acids is 2. The predicted molar refractivity (Wildman–Crippen MR) is 136 cm³/mol. The standard InChI is InChI=1S/C23H26BrN3O3S2/c1-14(2)11-27-22(29)20(32-23(27)31)8-15-12-26(19-6-5-16(24)9-18(15)19)13-21(28)25-10-17-4-3-7-30-17/h5-6,8-9,12,14,17H,3-4,7,10-11,13H2,1-2H3,(H,25,28)/b20-8-/t17-/m0/s1. The highest BCUT2D eigenvalue weighted by atomic mass is 79.9. The fourth-order valence-electron chi connectivity index (χ4n) is 3.95. The van der Waals surface area contributed by atoms with Crippen molar-refractivity contribution < 1.29 is 14.3 Å². The van der Waals surface area contributed by atoms with Crippen molar-refractivity contribution in [2.75, 3.05) is 19.7 Å². The summed E-state index contributed by atoms with van der Waals surface area (Å²) >= 11 is 10.3. The van der Waals surface area contributed by atoms with Gasteiger partial charge in [-0.1, -0.05) is 53.8 Å². The van der Waals surface area contributed by atoms with Crippen LogP contribution in [0.15, 0.2) is 33.8 Å². The molecule has 0 radical (unpaired) electrons. The van der Waals surface area contributed by atoms with Crippen LogP contribution >= 0.6 is 39.9 Å². The SMILES string of the molecule is CC(C)CN1C(=O)/C(=C/c2cn(CC(=O)NC[C@@H]3CCCO3)c3ccc(Br)cc23)SC1=S. The lowest BCUT2D eigenvalue weighted by atomic mass is 10.1. The summed E-state index contributed by atoms with van der Waals surface area (Å²) < 4.78 is 9.04. The molecule has 32 heavy (non-hydrogen) atoms. The lowest BCUT2D eigenvalue weighted by molar-refractivity contribution is -0.123. The molecular formula is C23H26BrN3O3S2. The van der Waals surface area contributed by atoms with Crippen molar-refractivity contribution in [3.63, 3.8) is 0 Å². The van der Waals surface area contributed by atoms with Gasteiger partial charge in [-0.2, -0.15) is 0 Å². The first-order chi connectivity index (χ1) is 15.3. The zero-order chi connectivity index (χ0) is 22.8. The van der Waals surface area contributed by atoms with Crippen LogP contribution in [-0.2, 0) is 20.9 Å². The van der Waals surface area contributed by atoms with Crippen LogP contribution in [0, 0.1) is 5.92 Å². The van der Waals surface area contributed by atoms with Gasteiger partial charge in [0.15, 0.2) is 0 Å². The average Bonchev–Trinajstić information content (AvgIpc) is 3.43. The second-order valence-electron chi connectivity index (χ2n) is 8.50. The van der Waals surface area contributed by atoms with Crippen LogP contribution in [0.2, 0.25) is 0 Å². The lowest BCUT2D eigenvalue weighted by Crippen LogP contribution is -2.34. The summed E-state index contributed by atoms with van der Waals surface area (Å²) in [4.78, 5) is 27.8. The molecule has 2 fully saturated rings. The van der Waals surface area contributed by atoms with Crippen molar-refractivity contribution in [2.45, 2.75) is 39.3 Å². The average molecular weight is 537 g/mol. The first-order valence-corrected chi connectivity index (χ1v) is 12.8. The molecule has 1 aromatic carbocycles. The van der Waals surface area contributed by atoms with Gasteiger partial charge >= 0.3 is 0 Å². The van der Waals surface area contributed by atoms with Crippen LogP contribution in [0.25, 0.3) is 17.0 Å². The molecule has 2 aliphatic rings. The van der Waals surface area contributed by atoms with E-state index in [0.717, 1.165) is 40.4 Å². The zero-order valence-corrected chi connectivity index (χ0v) is 21.3. The number of benzene rings is 1. The number of aromatic nitrogens is 1. The Morgan fingerprint density at radius 2 is 2.25 bits per heavy atom. The fourth-order valence-corrected chi connectivity index (χ4v) is 5.58. The van der Waals surface area contributed by atoms with Gasteiger partial charge in [0, 0.05) is 46.8 Å². The van der Waals surface area contributed by atoms with Crippen LogP contribution in [0.3, 0.4) is 0 Å². The van der Waals surface area contributed by atoms with E-state index >= 15 is 0 Å². The number of carbonyl (C=O) groups is 2. The number of fused-ring (bicyclic) bond motifs is 1. The number of hydrogen-bond acceptors (Lipinski definition) is 5. The number of ether oxygens (including phenoxy) is 1. The largest absolute Gasteiger partial charge is 0.376 e. The van der Waals surface area contributed by atoms with E-state index < -0.39 is 0 Å². The van der Waals surface area contributed by atoms with Crippen molar-refractivity contribution in [2.24, 2.45) is 5.92 Å². The molecule has 0 bridgehead atoms. The molecule has 0 aliphatic carbocycles. The smallest absolute Gasteiger partial charge is 0.266 e. The van der Waals surface area contributed by atoms with Crippen LogP contribution in [0.1, 0.15) is 32.3 Å². The molecule has 1 N–H and O–H groups in total. The summed E-state index contributed by atoms with van der Waals surface area (Å²) in [5, 5.41) is 3.95. The van der Waals surface area contributed by atoms with Crippen molar-refractivity contribution in [1.29, 1.82) is 0 Å². The molecule has 2 aliphatic heterocycles. The van der Waals surface area contributed by atoms with Crippen molar-refractivity contribution in [1.82, 2.24) is 14.8 Å². The van der Waals surface area contributed by atoms with E-state index in [0.29, 0.717) is 28.2 Å². The van der Waals surface area contributed by atoms with Crippen molar-refractivity contribution in [3.05, 3.63) is 39.3 Å². The Labute approximate surface area is 205 Å². The molecule has 0 unspecified atom stereocenters. The third-order valence-electron chi connectivity index (χ3n) is 5.45. The van der Waals surface area contributed by atoms with Gasteiger partial charge in [-0.3, -0.25) is 14.5 Å². The number of hydrogen-bond donors (Lipinski definition) is 1. The zero-order valence-electron chi connectivity index (χ0n) is 18.1. The van der Waals surface area contributed by atoms with Gasteiger partial charge in [0.2, 0.25) is 5.91 Å². The molecule has 2 aromatic rings. The fraction of sp³-hybridized carbons (Fsp3) is 0.435. The molecule has 3 heterocycles. The number of thiocarbonyl (C=S) groups is 1. The molecule has 1 atom stereocenters. The van der Waals surface area contributed by atoms with Crippen molar-refractivity contribution >= 4 is 73.0 Å². The number of halogens is 1. The van der Waals surface area contributed by atoms with Gasteiger partial charge in [-0.05, 0) is 43.0 Å². The minimum atomic E-state index is -0.0601. The molecular weight excluding hydrogens is 510 g/mol. The minimum Gasteiger partial charge on any atom is -0.376 e. The Morgan fingerprint density at radius 3 is 2.97 bits per heavy atom. The Morgan fingerprint density at radius 1 is 1.44 bits per heavy atom. The number of thioether (sulfide) groups is 1. The number of amides is 2. The van der Waals surface area contributed by atoms with E-state index in [-0.39, 0.29) is 24.5 Å². The summed E-state index contributed by atoms with van der Waals surface area (Å²) in [6, 6.07) is 5.94. The summed E-state index contributed by atoms with van der Waals surface area (Å²) in [7, 11) is 0. The van der Waals surface area contributed by atoms with Crippen LogP contribution < -0.4 is 5.32 Å². The quantitative estimate of drug-likeness (QED) is 0.416. The number of nitrogens with zero attached hydrogens (tertiary/aromatic N) is 2. The topological polar surface area (TPSA) is 63.6 Å². The van der Waals surface area contributed by atoms with Gasteiger partial charge in [0.1, 0.15) is 10.9 Å². The highest BCUT2D eigenvalue weighted by Crippen LogP contribution is 2.35. The van der Waals surface area contributed by atoms with E-state index in [4.69, 9.17) is 17.0 Å². The Balaban J connectivity index is 1.58. The molecule has 6 nitrogen and oxygen atoms in total. The second kappa shape index (κ2) is 10.1. The van der Waals surface area contributed by atoms with E-state index in [2.05, 4.69) is 35.1 Å². The van der Waals surface area contributed by atoms with Crippen LogP contribution in [0.4, 0.5) is 0 Å². The highest BCUT2D eigenvalue weighted by molar-refractivity contribution is 9.10. The summed E-state index contributed by atoms with van der Waals surface area (Å²) in [5.74, 6) is 0.219. The molecule has 4 rings (SSSR count). The van der Waals surface area contributed by atoms with Gasteiger partial charge in [0.25, 0.3) is 5.91 Å². The molecule has 1 aromatic heterocycles. The van der Waals surface area contributed by atoms with Crippen LogP contribution in [-0.4, -0.2) is 51.4 Å². The van der Waals surface area contributed by atoms with Gasteiger partial charge in [-0.15, -0.1) is 0 Å². The lowest BCUT2D eigenvalue weighted by Gasteiger charge is -2.16. The van der Waals surface area contributed by atoms with Crippen LogP contribution in [0.5, 0.6) is 0 Å². The normalized spacial score (nSPS) is 20.3. The number of rotatable bonds is 7. The maximum atomic E-state index is 12.9.